The van der Waals surface area contributed by atoms with Crippen molar-refractivity contribution in [2.45, 2.75) is 6.54 Å². The number of amides is 1. The number of rotatable bonds is 4. The first-order valence-electron chi connectivity index (χ1n) is 5.15. The normalized spacial score (nSPS) is 9.33. The summed E-state index contributed by atoms with van der Waals surface area (Å²) in [7, 11) is 0. The van der Waals surface area contributed by atoms with E-state index in [2.05, 4.69) is 15.3 Å². The van der Waals surface area contributed by atoms with Gasteiger partial charge in [-0.25, -0.2) is 4.98 Å². The number of carbonyl (C=O) groups excluding carboxylic acids is 1. The first-order chi connectivity index (χ1) is 8.25. The molecule has 0 bridgehead atoms. The summed E-state index contributed by atoms with van der Waals surface area (Å²) in [6.45, 7) is 0.600. The maximum atomic E-state index is 10.9. The maximum absolute atomic E-state index is 10.9. The Labute approximate surface area is 111 Å². The lowest BCUT2D eigenvalue weighted by atomic mass is 10.3. The molecule has 0 aliphatic rings. The van der Waals surface area contributed by atoms with Gasteiger partial charge in [0.25, 0.3) is 5.91 Å². The van der Waals surface area contributed by atoms with Gasteiger partial charge in [0.1, 0.15) is 11.5 Å². The van der Waals surface area contributed by atoms with Crippen molar-refractivity contribution in [3.8, 4) is 0 Å². The molecule has 0 radical (unpaired) electrons. The smallest absolute Gasteiger partial charge is 0.267 e. The molecule has 0 unspecified atom stereocenters. The van der Waals surface area contributed by atoms with Gasteiger partial charge in [0.15, 0.2) is 0 Å². The number of carbonyl (C=O) groups is 1. The highest BCUT2D eigenvalue weighted by molar-refractivity contribution is 5.91. The van der Waals surface area contributed by atoms with Crippen molar-refractivity contribution in [3.63, 3.8) is 0 Å². The number of nitrogens with one attached hydrogen (secondary N) is 1. The zero-order chi connectivity index (χ0) is 12.1. The average molecular weight is 265 g/mol. The Bertz CT molecular complexity index is 518. The molecule has 0 aliphatic carbocycles. The van der Waals surface area contributed by atoms with Gasteiger partial charge in [-0.05, 0) is 23.8 Å². The van der Waals surface area contributed by atoms with E-state index >= 15 is 0 Å². The molecule has 94 valence electrons. The SMILES string of the molecule is Cl.NC(=O)c1cccc(NCc2cccnc2)n1. The summed E-state index contributed by atoms with van der Waals surface area (Å²) in [5.74, 6) is 0.0835. The van der Waals surface area contributed by atoms with E-state index < -0.39 is 5.91 Å². The van der Waals surface area contributed by atoms with Crippen molar-refractivity contribution >= 4 is 24.1 Å². The minimum atomic E-state index is -0.532. The number of hydrogen-bond acceptors (Lipinski definition) is 4. The number of halogens is 1. The van der Waals surface area contributed by atoms with Crippen molar-refractivity contribution < 1.29 is 4.79 Å². The number of nitrogens with zero attached hydrogens (tertiary/aromatic N) is 2. The number of aromatic nitrogens is 2. The molecule has 0 atom stereocenters. The van der Waals surface area contributed by atoms with Crippen LogP contribution in [0, 0.1) is 0 Å². The van der Waals surface area contributed by atoms with Crippen LogP contribution in [0.25, 0.3) is 0 Å². The predicted octanol–water partition coefficient (Wildman–Crippen LogP) is 1.61. The van der Waals surface area contributed by atoms with Crippen LogP contribution in [0.3, 0.4) is 0 Å². The van der Waals surface area contributed by atoms with Crippen molar-refractivity contribution in [1.29, 1.82) is 0 Å². The summed E-state index contributed by atoms with van der Waals surface area (Å²) in [5, 5.41) is 3.10. The Kier molecular flexibility index (Phi) is 5.07. The highest BCUT2D eigenvalue weighted by Gasteiger charge is 2.02. The zero-order valence-corrected chi connectivity index (χ0v) is 10.4. The Hall–Kier alpha value is -2.14. The summed E-state index contributed by atoms with van der Waals surface area (Å²) < 4.78 is 0. The first-order valence-corrected chi connectivity index (χ1v) is 5.15. The lowest BCUT2D eigenvalue weighted by molar-refractivity contribution is 0.0995. The number of hydrogen-bond donors (Lipinski definition) is 2. The van der Waals surface area contributed by atoms with Gasteiger partial charge in [0.05, 0.1) is 0 Å². The molecule has 2 aromatic heterocycles. The van der Waals surface area contributed by atoms with Gasteiger partial charge < -0.3 is 11.1 Å². The van der Waals surface area contributed by atoms with Gasteiger partial charge >= 0.3 is 0 Å². The molecular weight excluding hydrogens is 252 g/mol. The van der Waals surface area contributed by atoms with Crippen LogP contribution < -0.4 is 11.1 Å². The standard InChI is InChI=1S/C12H12N4O.ClH/c13-12(17)10-4-1-5-11(16-10)15-8-9-3-2-6-14-7-9;/h1-7H,8H2,(H2,13,17)(H,15,16);1H. The van der Waals surface area contributed by atoms with E-state index in [4.69, 9.17) is 5.73 Å². The van der Waals surface area contributed by atoms with Crippen LogP contribution in [0.1, 0.15) is 16.1 Å². The lowest BCUT2D eigenvalue weighted by Gasteiger charge is -2.05. The lowest BCUT2D eigenvalue weighted by Crippen LogP contribution is -2.14. The summed E-state index contributed by atoms with van der Waals surface area (Å²) in [4.78, 5) is 19.0. The van der Waals surface area contributed by atoms with Crippen molar-refractivity contribution in [1.82, 2.24) is 9.97 Å². The van der Waals surface area contributed by atoms with Crippen LogP contribution >= 0.6 is 12.4 Å². The molecule has 5 nitrogen and oxygen atoms in total. The molecule has 0 saturated carbocycles. The summed E-state index contributed by atoms with van der Waals surface area (Å²) >= 11 is 0. The summed E-state index contributed by atoms with van der Waals surface area (Å²) in [6, 6.07) is 8.92. The van der Waals surface area contributed by atoms with E-state index in [1.165, 1.54) is 0 Å². The third-order valence-electron chi connectivity index (χ3n) is 2.20. The number of anilines is 1. The van der Waals surface area contributed by atoms with Crippen molar-refractivity contribution in [2.75, 3.05) is 5.32 Å². The van der Waals surface area contributed by atoms with E-state index in [0.717, 1.165) is 5.56 Å². The molecule has 0 saturated heterocycles. The van der Waals surface area contributed by atoms with Crippen LogP contribution in [0.5, 0.6) is 0 Å². The molecule has 0 fully saturated rings. The zero-order valence-electron chi connectivity index (χ0n) is 9.54. The van der Waals surface area contributed by atoms with Gasteiger partial charge in [0.2, 0.25) is 0 Å². The van der Waals surface area contributed by atoms with Crippen LogP contribution in [0.4, 0.5) is 5.82 Å². The van der Waals surface area contributed by atoms with Gasteiger partial charge in [-0.1, -0.05) is 12.1 Å². The van der Waals surface area contributed by atoms with E-state index in [1.54, 1.807) is 30.6 Å². The topological polar surface area (TPSA) is 80.9 Å². The predicted molar refractivity (Wildman–Crippen MR) is 71.6 cm³/mol. The number of nitrogens with two attached hydrogens (primary N) is 1. The van der Waals surface area contributed by atoms with Crippen molar-refractivity contribution in [3.05, 3.63) is 54.0 Å². The fourth-order valence-corrected chi connectivity index (χ4v) is 1.37. The highest BCUT2D eigenvalue weighted by atomic mass is 35.5. The summed E-state index contributed by atoms with van der Waals surface area (Å²) in [5.41, 5.74) is 6.44. The Morgan fingerprint density at radius 1 is 1.28 bits per heavy atom. The van der Waals surface area contributed by atoms with Gasteiger partial charge in [-0.2, -0.15) is 0 Å². The van der Waals surface area contributed by atoms with Crippen LogP contribution in [-0.2, 0) is 6.54 Å². The van der Waals surface area contributed by atoms with E-state index in [9.17, 15) is 4.79 Å². The largest absolute Gasteiger partial charge is 0.366 e. The fraction of sp³-hybridized carbons (Fsp3) is 0.0833. The quantitative estimate of drug-likeness (QED) is 0.879. The Balaban J connectivity index is 0.00000162. The molecule has 0 spiro atoms. The second kappa shape index (κ2) is 6.56. The fourth-order valence-electron chi connectivity index (χ4n) is 1.37. The molecule has 3 N–H and O–H groups in total. The third-order valence-corrected chi connectivity index (χ3v) is 2.20. The van der Waals surface area contributed by atoms with Crippen LogP contribution in [-0.4, -0.2) is 15.9 Å². The number of primary amides is 1. The molecule has 2 aromatic rings. The van der Waals surface area contributed by atoms with Crippen LogP contribution in [0.2, 0.25) is 0 Å². The first kappa shape index (κ1) is 13.9. The van der Waals surface area contributed by atoms with E-state index in [1.807, 2.05) is 12.1 Å². The maximum Gasteiger partial charge on any atom is 0.267 e. The average Bonchev–Trinajstić information content (AvgIpc) is 2.38. The molecule has 2 rings (SSSR count). The summed E-state index contributed by atoms with van der Waals surface area (Å²) in [6.07, 6.45) is 3.49. The third kappa shape index (κ3) is 3.71. The minimum absolute atomic E-state index is 0. The Morgan fingerprint density at radius 3 is 2.78 bits per heavy atom. The molecular formula is C12H13ClN4O. The minimum Gasteiger partial charge on any atom is -0.366 e. The monoisotopic (exact) mass is 264 g/mol. The molecule has 2 heterocycles. The molecule has 6 heteroatoms. The van der Waals surface area contributed by atoms with Gasteiger partial charge in [-0.3, -0.25) is 9.78 Å². The van der Waals surface area contributed by atoms with Gasteiger partial charge in [0, 0.05) is 18.9 Å². The van der Waals surface area contributed by atoms with E-state index in [0.29, 0.717) is 12.4 Å². The second-order valence-electron chi connectivity index (χ2n) is 3.49. The van der Waals surface area contributed by atoms with Gasteiger partial charge in [-0.15, -0.1) is 12.4 Å². The number of pyridine rings is 2. The second-order valence-corrected chi connectivity index (χ2v) is 3.49. The Morgan fingerprint density at radius 2 is 2.11 bits per heavy atom. The van der Waals surface area contributed by atoms with Crippen molar-refractivity contribution in [2.24, 2.45) is 5.73 Å². The molecule has 1 amide bonds. The molecule has 0 aromatic carbocycles. The van der Waals surface area contributed by atoms with E-state index in [-0.39, 0.29) is 18.1 Å². The molecule has 0 aliphatic heterocycles. The molecule has 18 heavy (non-hydrogen) atoms. The highest BCUT2D eigenvalue weighted by Crippen LogP contribution is 2.06. The van der Waals surface area contributed by atoms with Crippen LogP contribution in [0.15, 0.2) is 42.7 Å².